The first-order valence-corrected chi connectivity index (χ1v) is 8.05. The van der Waals surface area contributed by atoms with Gasteiger partial charge >= 0.3 is 0 Å². The highest BCUT2D eigenvalue weighted by atomic mass is 32.2. The van der Waals surface area contributed by atoms with Gasteiger partial charge in [0.05, 0.1) is 10.6 Å². The SMILES string of the molecule is Cc1cccc(N2C(=O)/C(=C\c3ccc(O)c(O)c3)SC2=S)c1. The first-order valence-electron chi connectivity index (χ1n) is 6.82. The van der Waals surface area contributed by atoms with Crippen LogP contribution < -0.4 is 4.90 Å². The molecule has 0 atom stereocenters. The summed E-state index contributed by atoms with van der Waals surface area (Å²) >= 11 is 6.53. The monoisotopic (exact) mass is 343 g/mol. The van der Waals surface area contributed by atoms with Gasteiger partial charge in [0.25, 0.3) is 5.91 Å². The second-order valence-electron chi connectivity index (χ2n) is 5.10. The Kier molecular flexibility index (Phi) is 4.11. The van der Waals surface area contributed by atoms with Crippen molar-refractivity contribution in [2.24, 2.45) is 0 Å². The van der Waals surface area contributed by atoms with Crippen LogP contribution in [0.5, 0.6) is 11.5 Å². The Morgan fingerprint density at radius 1 is 1.13 bits per heavy atom. The van der Waals surface area contributed by atoms with Crippen molar-refractivity contribution in [1.82, 2.24) is 0 Å². The molecule has 1 saturated heterocycles. The molecule has 0 radical (unpaired) electrons. The molecule has 1 heterocycles. The molecule has 1 aliphatic rings. The standard InChI is InChI=1S/C17H13NO3S2/c1-10-3-2-4-12(7-10)18-16(21)15(23-17(18)22)9-11-5-6-13(19)14(20)8-11/h2-9,19-20H,1H3/b15-9+. The molecule has 1 fully saturated rings. The number of thioether (sulfide) groups is 1. The molecular formula is C17H13NO3S2. The van der Waals surface area contributed by atoms with Crippen molar-refractivity contribution >= 4 is 46.0 Å². The lowest BCUT2D eigenvalue weighted by Gasteiger charge is -2.14. The van der Waals surface area contributed by atoms with Crippen molar-refractivity contribution in [2.45, 2.75) is 6.92 Å². The minimum Gasteiger partial charge on any atom is -0.504 e. The molecule has 4 nitrogen and oxygen atoms in total. The van der Waals surface area contributed by atoms with Crippen molar-refractivity contribution in [3.63, 3.8) is 0 Å². The molecule has 1 aliphatic heterocycles. The van der Waals surface area contributed by atoms with Gasteiger partial charge < -0.3 is 10.2 Å². The summed E-state index contributed by atoms with van der Waals surface area (Å²) in [6.07, 6.45) is 1.65. The lowest BCUT2D eigenvalue weighted by Crippen LogP contribution is -2.27. The highest BCUT2D eigenvalue weighted by Crippen LogP contribution is 2.37. The zero-order chi connectivity index (χ0) is 16.6. The van der Waals surface area contributed by atoms with Gasteiger partial charge in [-0.3, -0.25) is 9.69 Å². The Morgan fingerprint density at radius 2 is 1.91 bits per heavy atom. The third-order valence-electron chi connectivity index (χ3n) is 3.35. The Bertz CT molecular complexity index is 845. The third kappa shape index (κ3) is 3.09. The van der Waals surface area contributed by atoms with Crippen molar-refractivity contribution in [2.75, 3.05) is 4.90 Å². The van der Waals surface area contributed by atoms with Crippen LogP contribution in [0.1, 0.15) is 11.1 Å². The number of carbonyl (C=O) groups is 1. The molecule has 0 unspecified atom stereocenters. The smallest absolute Gasteiger partial charge is 0.270 e. The molecule has 0 bridgehead atoms. The minimum absolute atomic E-state index is 0.196. The van der Waals surface area contributed by atoms with Crippen LogP contribution in [0.15, 0.2) is 47.4 Å². The summed E-state index contributed by atoms with van der Waals surface area (Å²) in [6.45, 7) is 1.95. The maximum atomic E-state index is 12.6. The number of hydrogen-bond acceptors (Lipinski definition) is 5. The molecule has 0 aliphatic carbocycles. The summed E-state index contributed by atoms with van der Waals surface area (Å²) in [5.74, 6) is -0.625. The van der Waals surface area contributed by atoms with E-state index in [0.717, 1.165) is 11.3 Å². The Morgan fingerprint density at radius 3 is 2.61 bits per heavy atom. The van der Waals surface area contributed by atoms with Gasteiger partial charge in [-0.2, -0.15) is 0 Å². The molecule has 2 aromatic rings. The summed E-state index contributed by atoms with van der Waals surface area (Å²) in [5, 5.41) is 18.9. The number of anilines is 1. The second kappa shape index (κ2) is 6.06. The zero-order valence-corrected chi connectivity index (χ0v) is 13.8. The highest BCUT2D eigenvalue weighted by molar-refractivity contribution is 8.27. The molecule has 3 rings (SSSR count). The van der Waals surface area contributed by atoms with E-state index in [4.69, 9.17) is 12.2 Å². The van der Waals surface area contributed by atoms with Crippen LogP contribution in [0, 0.1) is 6.92 Å². The van der Waals surface area contributed by atoms with E-state index in [1.54, 1.807) is 12.1 Å². The Labute approximate surface area is 143 Å². The largest absolute Gasteiger partial charge is 0.504 e. The molecule has 116 valence electrons. The van der Waals surface area contributed by atoms with Crippen LogP contribution >= 0.6 is 24.0 Å². The molecule has 2 N–H and O–H groups in total. The number of nitrogens with zero attached hydrogens (tertiary/aromatic N) is 1. The van der Waals surface area contributed by atoms with Gasteiger partial charge in [-0.1, -0.05) is 42.2 Å². The van der Waals surface area contributed by atoms with Crippen molar-refractivity contribution in [3.05, 3.63) is 58.5 Å². The van der Waals surface area contributed by atoms with E-state index in [1.165, 1.54) is 28.8 Å². The summed E-state index contributed by atoms with van der Waals surface area (Å²) in [7, 11) is 0. The minimum atomic E-state index is -0.229. The Hall–Kier alpha value is -2.31. The van der Waals surface area contributed by atoms with Crippen LogP contribution in [0.3, 0.4) is 0 Å². The number of aryl methyl sites for hydroxylation is 1. The number of carbonyl (C=O) groups excluding carboxylic acids is 1. The molecule has 1 amide bonds. The maximum Gasteiger partial charge on any atom is 0.270 e. The van der Waals surface area contributed by atoms with Crippen LogP contribution in [-0.2, 0) is 4.79 Å². The highest BCUT2D eigenvalue weighted by Gasteiger charge is 2.33. The van der Waals surface area contributed by atoms with Crippen LogP contribution in [0.4, 0.5) is 5.69 Å². The van der Waals surface area contributed by atoms with Crippen LogP contribution in [0.25, 0.3) is 6.08 Å². The number of aromatic hydroxyl groups is 2. The van der Waals surface area contributed by atoms with E-state index < -0.39 is 0 Å². The summed E-state index contributed by atoms with van der Waals surface area (Å²) < 4.78 is 0.467. The molecule has 0 saturated carbocycles. The van der Waals surface area contributed by atoms with E-state index in [2.05, 4.69) is 0 Å². The number of benzene rings is 2. The van der Waals surface area contributed by atoms with Crippen LogP contribution in [-0.4, -0.2) is 20.4 Å². The summed E-state index contributed by atoms with van der Waals surface area (Å²) in [5.41, 5.74) is 2.40. The average Bonchev–Trinajstić information content (AvgIpc) is 2.77. The molecule has 0 spiro atoms. The molecule has 2 aromatic carbocycles. The zero-order valence-electron chi connectivity index (χ0n) is 12.2. The third-order valence-corrected chi connectivity index (χ3v) is 4.65. The fourth-order valence-corrected chi connectivity index (χ4v) is 3.54. The van der Waals surface area contributed by atoms with E-state index >= 15 is 0 Å². The van der Waals surface area contributed by atoms with E-state index in [0.29, 0.717) is 14.8 Å². The quantitative estimate of drug-likeness (QED) is 0.493. The number of amides is 1. The predicted molar refractivity (Wildman–Crippen MR) is 96.6 cm³/mol. The first kappa shape index (κ1) is 15.6. The van der Waals surface area contributed by atoms with E-state index in [9.17, 15) is 15.0 Å². The van der Waals surface area contributed by atoms with Crippen LogP contribution in [0.2, 0.25) is 0 Å². The van der Waals surface area contributed by atoms with Crippen molar-refractivity contribution in [1.29, 1.82) is 0 Å². The maximum absolute atomic E-state index is 12.6. The lowest BCUT2D eigenvalue weighted by atomic mass is 10.1. The number of rotatable bonds is 2. The summed E-state index contributed by atoms with van der Waals surface area (Å²) in [6, 6.07) is 12.0. The fourth-order valence-electron chi connectivity index (χ4n) is 2.24. The van der Waals surface area contributed by atoms with E-state index in [-0.39, 0.29) is 17.4 Å². The number of phenols is 2. The Balaban J connectivity index is 1.94. The molecular weight excluding hydrogens is 330 g/mol. The van der Waals surface area contributed by atoms with Gasteiger partial charge in [-0.05, 0) is 48.4 Å². The van der Waals surface area contributed by atoms with Gasteiger partial charge in [0, 0.05) is 0 Å². The summed E-state index contributed by atoms with van der Waals surface area (Å²) in [4.78, 5) is 14.6. The van der Waals surface area contributed by atoms with Gasteiger partial charge in [0.15, 0.2) is 15.8 Å². The molecule has 0 aromatic heterocycles. The van der Waals surface area contributed by atoms with E-state index in [1.807, 2.05) is 31.2 Å². The molecule has 6 heteroatoms. The number of thiocarbonyl (C=S) groups is 1. The number of phenolic OH excluding ortho intramolecular Hbond substituents is 2. The first-order chi connectivity index (χ1) is 11.0. The van der Waals surface area contributed by atoms with Gasteiger partial charge in [-0.15, -0.1) is 0 Å². The average molecular weight is 343 g/mol. The van der Waals surface area contributed by atoms with Gasteiger partial charge in [0.2, 0.25) is 0 Å². The van der Waals surface area contributed by atoms with Crippen molar-refractivity contribution < 1.29 is 15.0 Å². The predicted octanol–water partition coefficient (Wildman–Crippen LogP) is 3.81. The topological polar surface area (TPSA) is 60.8 Å². The van der Waals surface area contributed by atoms with Crippen molar-refractivity contribution in [3.8, 4) is 11.5 Å². The fraction of sp³-hybridized carbons (Fsp3) is 0.0588. The second-order valence-corrected chi connectivity index (χ2v) is 6.78. The number of hydrogen-bond donors (Lipinski definition) is 2. The normalized spacial score (nSPS) is 16.4. The van der Waals surface area contributed by atoms with Gasteiger partial charge in [0.1, 0.15) is 0 Å². The van der Waals surface area contributed by atoms with Gasteiger partial charge in [-0.25, -0.2) is 0 Å². The molecule has 23 heavy (non-hydrogen) atoms. The lowest BCUT2D eigenvalue weighted by molar-refractivity contribution is -0.113.